The second-order valence-electron chi connectivity index (χ2n) is 5.49. The summed E-state index contributed by atoms with van der Waals surface area (Å²) < 4.78 is 13.9. The van der Waals surface area contributed by atoms with Crippen molar-refractivity contribution in [1.29, 1.82) is 0 Å². The lowest BCUT2D eigenvalue weighted by Crippen LogP contribution is -2.39. The molecular formula is C16H17ClFN3O. The van der Waals surface area contributed by atoms with Crippen molar-refractivity contribution in [3.05, 3.63) is 52.6 Å². The molecule has 0 bridgehead atoms. The van der Waals surface area contributed by atoms with Gasteiger partial charge in [0.15, 0.2) is 0 Å². The fourth-order valence-corrected chi connectivity index (χ4v) is 3.19. The summed E-state index contributed by atoms with van der Waals surface area (Å²) in [4.78, 5) is 14.4. The van der Waals surface area contributed by atoms with Gasteiger partial charge in [0, 0.05) is 23.3 Å². The fraction of sp³-hybridized carbons (Fsp3) is 0.375. The molecule has 116 valence electrons. The maximum atomic E-state index is 13.9. The minimum Gasteiger partial charge on any atom is -0.334 e. The zero-order chi connectivity index (χ0) is 15.5. The largest absolute Gasteiger partial charge is 0.334 e. The molecule has 2 heterocycles. The Hall–Kier alpha value is -1.88. The first-order valence-corrected chi connectivity index (χ1v) is 7.76. The Labute approximate surface area is 133 Å². The molecule has 1 N–H and O–H groups in total. The molecule has 1 aliphatic rings. The predicted molar refractivity (Wildman–Crippen MR) is 82.0 cm³/mol. The smallest absolute Gasteiger partial charge is 0.227 e. The quantitative estimate of drug-likeness (QED) is 0.940. The molecular weight excluding hydrogens is 305 g/mol. The molecule has 3 rings (SSSR count). The molecule has 1 saturated heterocycles. The Morgan fingerprint density at radius 3 is 3.00 bits per heavy atom. The molecule has 1 amide bonds. The van der Waals surface area contributed by atoms with Gasteiger partial charge in [0.05, 0.1) is 18.2 Å². The van der Waals surface area contributed by atoms with Gasteiger partial charge in [-0.3, -0.25) is 9.89 Å². The summed E-state index contributed by atoms with van der Waals surface area (Å²) in [5, 5.41) is 7.19. The van der Waals surface area contributed by atoms with Crippen LogP contribution in [0, 0.1) is 5.82 Å². The topological polar surface area (TPSA) is 49.0 Å². The third kappa shape index (κ3) is 2.99. The van der Waals surface area contributed by atoms with Crippen molar-refractivity contribution in [2.45, 2.75) is 31.7 Å². The van der Waals surface area contributed by atoms with Crippen molar-refractivity contribution in [2.24, 2.45) is 0 Å². The van der Waals surface area contributed by atoms with Crippen LogP contribution in [0.15, 0.2) is 30.5 Å². The standard InChI is InChI=1S/C16H17ClFN3O/c17-12-4-3-5-13(18)11(12)10-16(22)21-9-2-1-6-15(21)14-7-8-19-20-14/h3-5,7-8,15H,1-2,6,9-10H2,(H,19,20)/t15-/m1/s1. The van der Waals surface area contributed by atoms with E-state index in [0.717, 1.165) is 25.0 Å². The van der Waals surface area contributed by atoms with Crippen LogP contribution < -0.4 is 0 Å². The molecule has 22 heavy (non-hydrogen) atoms. The van der Waals surface area contributed by atoms with E-state index >= 15 is 0 Å². The minimum atomic E-state index is -0.434. The van der Waals surface area contributed by atoms with E-state index in [-0.39, 0.29) is 23.9 Å². The van der Waals surface area contributed by atoms with Gasteiger partial charge in [0.2, 0.25) is 5.91 Å². The van der Waals surface area contributed by atoms with Crippen LogP contribution in [0.1, 0.15) is 36.6 Å². The van der Waals surface area contributed by atoms with Crippen molar-refractivity contribution < 1.29 is 9.18 Å². The van der Waals surface area contributed by atoms with Crippen LogP contribution in [0.2, 0.25) is 5.02 Å². The Morgan fingerprint density at radius 2 is 2.27 bits per heavy atom. The first-order valence-electron chi connectivity index (χ1n) is 7.38. The number of rotatable bonds is 3. The lowest BCUT2D eigenvalue weighted by molar-refractivity contribution is -0.134. The molecule has 0 spiro atoms. The fourth-order valence-electron chi connectivity index (χ4n) is 2.96. The van der Waals surface area contributed by atoms with Crippen LogP contribution in [0.4, 0.5) is 4.39 Å². The number of nitrogens with one attached hydrogen (secondary N) is 1. The maximum absolute atomic E-state index is 13.9. The Balaban J connectivity index is 1.81. The molecule has 2 aromatic rings. The summed E-state index contributed by atoms with van der Waals surface area (Å²) in [6.45, 7) is 0.675. The second kappa shape index (κ2) is 6.48. The third-order valence-electron chi connectivity index (χ3n) is 4.09. The number of nitrogens with zero attached hydrogens (tertiary/aromatic N) is 2. The Morgan fingerprint density at radius 1 is 1.41 bits per heavy atom. The highest BCUT2D eigenvalue weighted by Gasteiger charge is 2.29. The molecule has 0 unspecified atom stereocenters. The van der Waals surface area contributed by atoms with E-state index in [2.05, 4.69) is 10.2 Å². The van der Waals surface area contributed by atoms with Crippen LogP contribution in [-0.2, 0) is 11.2 Å². The van der Waals surface area contributed by atoms with Crippen LogP contribution in [0.5, 0.6) is 0 Å². The minimum absolute atomic E-state index is 0.0177. The third-order valence-corrected chi connectivity index (χ3v) is 4.45. The lowest BCUT2D eigenvalue weighted by Gasteiger charge is -2.35. The summed E-state index contributed by atoms with van der Waals surface area (Å²) in [6, 6.07) is 6.34. The van der Waals surface area contributed by atoms with Gasteiger partial charge in [-0.25, -0.2) is 4.39 Å². The van der Waals surface area contributed by atoms with E-state index in [1.807, 2.05) is 6.07 Å². The number of hydrogen-bond acceptors (Lipinski definition) is 2. The Kier molecular flexibility index (Phi) is 4.43. The number of aromatic nitrogens is 2. The van der Waals surface area contributed by atoms with Gasteiger partial charge in [-0.15, -0.1) is 0 Å². The van der Waals surface area contributed by atoms with E-state index < -0.39 is 5.82 Å². The van der Waals surface area contributed by atoms with Gasteiger partial charge in [0.1, 0.15) is 5.82 Å². The molecule has 1 atom stereocenters. The van der Waals surface area contributed by atoms with Gasteiger partial charge in [-0.2, -0.15) is 5.10 Å². The summed E-state index contributed by atoms with van der Waals surface area (Å²) in [5.74, 6) is -0.540. The number of hydrogen-bond donors (Lipinski definition) is 1. The number of likely N-dealkylation sites (tertiary alicyclic amines) is 1. The maximum Gasteiger partial charge on any atom is 0.227 e. The molecule has 1 aliphatic heterocycles. The summed E-state index contributed by atoms with van der Waals surface area (Å²) in [6.07, 6.45) is 4.57. The lowest BCUT2D eigenvalue weighted by atomic mass is 9.98. The van der Waals surface area contributed by atoms with Gasteiger partial charge in [-0.1, -0.05) is 17.7 Å². The number of benzene rings is 1. The number of halogens is 2. The summed E-state index contributed by atoms with van der Waals surface area (Å²) in [5.41, 5.74) is 1.19. The van der Waals surface area contributed by atoms with Gasteiger partial charge in [0.25, 0.3) is 0 Å². The van der Waals surface area contributed by atoms with Gasteiger partial charge in [-0.05, 0) is 37.5 Å². The average Bonchev–Trinajstić information content (AvgIpc) is 3.05. The number of carbonyl (C=O) groups excluding carboxylic acids is 1. The monoisotopic (exact) mass is 321 g/mol. The zero-order valence-electron chi connectivity index (χ0n) is 12.1. The van der Waals surface area contributed by atoms with E-state index in [9.17, 15) is 9.18 Å². The number of amides is 1. The predicted octanol–water partition coefficient (Wildman–Crippen LogP) is 3.50. The molecule has 1 aromatic carbocycles. The molecule has 1 aromatic heterocycles. The van der Waals surface area contributed by atoms with Crippen LogP contribution >= 0.6 is 11.6 Å². The number of carbonyl (C=O) groups is 1. The van der Waals surface area contributed by atoms with Crippen LogP contribution in [0.25, 0.3) is 0 Å². The van der Waals surface area contributed by atoms with Crippen molar-refractivity contribution in [2.75, 3.05) is 6.54 Å². The Bertz CT molecular complexity index is 639. The van der Waals surface area contributed by atoms with E-state index in [1.165, 1.54) is 6.07 Å². The van der Waals surface area contributed by atoms with Crippen molar-refractivity contribution in [1.82, 2.24) is 15.1 Å². The first-order chi connectivity index (χ1) is 10.7. The first kappa shape index (κ1) is 15.0. The number of aromatic amines is 1. The molecule has 1 fully saturated rings. The molecule has 0 saturated carbocycles. The average molecular weight is 322 g/mol. The second-order valence-corrected chi connectivity index (χ2v) is 5.89. The highest BCUT2D eigenvalue weighted by Crippen LogP contribution is 2.31. The van der Waals surface area contributed by atoms with Crippen molar-refractivity contribution in [3.8, 4) is 0 Å². The number of H-pyrrole nitrogens is 1. The highest BCUT2D eigenvalue weighted by atomic mass is 35.5. The van der Waals surface area contributed by atoms with E-state index in [0.29, 0.717) is 11.6 Å². The zero-order valence-corrected chi connectivity index (χ0v) is 12.8. The SMILES string of the molecule is O=C(Cc1c(F)cccc1Cl)N1CCCC[C@@H]1c1ccn[nH]1. The summed E-state index contributed by atoms with van der Waals surface area (Å²) in [7, 11) is 0. The van der Waals surface area contributed by atoms with E-state index in [1.54, 1.807) is 23.2 Å². The molecule has 6 heteroatoms. The van der Waals surface area contributed by atoms with Crippen LogP contribution in [-0.4, -0.2) is 27.5 Å². The van der Waals surface area contributed by atoms with Crippen LogP contribution in [0.3, 0.4) is 0 Å². The van der Waals surface area contributed by atoms with Gasteiger partial charge >= 0.3 is 0 Å². The normalized spacial score (nSPS) is 18.5. The molecule has 0 radical (unpaired) electrons. The van der Waals surface area contributed by atoms with Crippen molar-refractivity contribution >= 4 is 17.5 Å². The summed E-state index contributed by atoms with van der Waals surface area (Å²) >= 11 is 6.02. The van der Waals surface area contributed by atoms with Crippen molar-refractivity contribution in [3.63, 3.8) is 0 Å². The highest BCUT2D eigenvalue weighted by molar-refractivity contribution is 6.31. The molecule has 0 aliphatic carbocycles. The molecule has 4 nitrogen and oxygen atoms in total. The number of piperidine rings is 1. The van der Waals surface area contributed by atoms with E-state index in [4.69, 9.17) is 11.6 Å². The van der Waals surface area contributed by atoms with Gasteiger partial charge < -0.3 is 4.90 Å².